The van der Waals surface area contributed by atoms with E-state index in [1.165, 1.54) is 25.3 Å². The molecule has 0 saturated heterocycles. The Kier molecular flexibility index (Phi) is 5.72. The van der Waals surface area contributed by atoms with E-state index < -0.39 is 11.6 Å². The van der Waals surface area contributed by atoms with Crippen LogP contribution in [0.2, 0.25) is 0 Å². The molecule has 0 atom stereocenters. The number of benzene rings is 2. The normalized spacial score (nSPS) is 10.5. The quantitative estimate of drug-likeness (QED) is 0.709. The fourth-order valence-corrected chi connectivity index (χ4v) is 1.93. The standard InChI is InChI=1S/C17H18F2O3/c1-3-8-21-16-6-4-12(9-14(16)18)13-5-7-17(15(19)10-13)22-11-20-2/h4-7,9-10H,3,8,11H2,1-2H3. The van der Waals surface area contributed by atoms with Crippen LogP contribution >= 0.6 is 0 Å². The largest absolute Gasteiger partial charge is 0.491 e. The van der Waals surface area contributed by atoms with E-state index in [9.17, 15) is 8.78 Å². The van der Waals surface area contributed by atoms with Crippen LogP contribution in [0.15, 0.2) is 36.4 Å². The van der Waals surface area contributed by atoms with Crippen LogP contribution in [-0.4, -0.2) is 20.5 Å². The van der Waals surface area contributed by atoms with Gasteiger partial charge < -0.3 is 14.2 Å². The lowest BCUT2D eigenvalue weighted by Gasteiger charge is -2.10. The zero-order valence-corrected chi connectivity index (χ0v) is 12.6. The second-order valence-electron chi connectivity index (χ2n) is 4.69. The first-order chi connectivity index (χ1) is 10.7. The van der Waals surface area contributed by atoms with Crippen molar-refractivity contribution in [1.82, 2.24) is 0 Å². The molecule has 0 radical (unpaired) electrons. The fraction of sp³-hybridized carbons (Fsp3) is 0.294. The summed E-state index contributed by atoms with van der Waals surface area (Å²) < 4.78 is 42.9. The summed E-state index contributed by atoms with van der Waals surface area (Å²) in [5.74, 6) is -0.701. The van der Waals surface area contributed by atoms with Crippen molar-refractivity contribution < 1.29 is 23.0 Å². The van der Waals surface area contributed by atoms with Crippen molar-refractivity contribution in [2.24, 2.45) is 0 Å². The second-order valence-corrected chi connectivity index (χ2v) is 4.69. The molecule has 0 fully saturated rings. The van der Waals surface area contributed by atoms with Crippen LogP contribution in [0.5, 0.6) is 11.5 Å². The maximum Gasteiger partial charge on any atom is 0.188 e. The molecule has 0 aliphatic heterocycles. The topological polar surface area (TPSA) is 27.7 Å². The van der Waals surface area contributed by atoms with Gasteiger partial charge in [-0.25, -0.2) is 8.78 Å². The molecule has 5 heteroatoms. The van der Waals surface area contributed by atoms with Gasteiger partial charge in [-0.1, -0.05) is 19.1 Å². The second kappa shape index (κ2) is 7.75. The van der Waals surface area contributed by atoms with E-state index >= 15 is 0 Å². The van der Waals surface area contributed by atoms with Gasteiger partial charge in [0.15, 0.2) is 29.9 Å². The van der Waals surface area contributed by atoms with Crippen molar-refractivity contribution in [3.05, 3.63) is 48.0 Å². The monoisotopic (exact) mass is 308 g/mol. The molecule has 2 aromatic rings. The van der Waals surface area contributed by atoms with Crippen molar-refractivity contribution in [3.8, 4) is 22.6 Å². The first-order valence-electron chi connectivity index (χ1n) is 6.99. The molecule has 0 unspecified atom stereocenters. The van der Waals surface area contributed by atoms with Crippen molar-refractivity contribution >= 4 is 0 Å². The van der Waals surface area contributed by atoms with Gasteiger partial charge in [-0.2, -0.15) is 0 Å². The van der Waals surface area contributed by atoms with Gasteiger partial charge in [-0.05, 0) is 41.8 Å². The smallest absolute Gasteiger partial charge is 0.188 e. The summed E-state index contributed by atoms with van der Waals surface area (Å²) in [6, 6.07) is 9.02. The van der Waals surface area contributed by atoms with Crippen LogP contribution in [0.3, 0.4) is 0 Å². The highest BCUT2D eigenvalue weighted by Crippen LogP contribution is 2.29. The molecule has 0 aliphatic rings. The molecule has 3 nitrogen and oxygen atoms in total. The van der Waals surface area contributed by atoms with E-state index in [0.29, 0.717) is 17.7 Å². The van der Waals surface area contributed by atoms with Crippen LogP contribution < -0.4 is 9.47 Å². The van der Waals surface area contributed by atoms with Crippen molar-refractivity contribution in [3.63, 3.8) is 0 Å². The van der Waals surface area contributed by atoms with Gasteiger partial charge in [-0.3, -0.25) is 0 Å². The number of rotatable bonds is 7. The summed E-state index contributed by atoms with van der Waals surface area (Å²) in [7, 11) is 1.46. The molecule has 0 aliphatic carbocycles. The average molecular weight is 308 g/mol. The van der Waals surface area contributed by atoms with Crippen LogP contribution in [0, 0.1) is 11.6 Å². The van der Waals surface area contributed by atoms with Crippen LogP contribution in [0.25, 0.3) is 11.1 Å². The molecule has 0 spiro atoms. The van der Waals surface area contributed by atoms with Crippen molar-refractivity contribution in [2.75, 3.05) is 20.5 Å². The van der Waals surface area contributed by atoms with Crippen LogP contribution in [-0.2, 0) is 4.74 Å². The van der Waals surface area contributed by atoms with Gasteiger partial charge in [0.25, 0.3) is 0 Å². The van der Waals surface area contributed by atoms with Gasteiger partial charge >= 0.3 is 0 Å². The Bertz CT molecular complexity index is 574. The summed E-state index contributed by atoms with van der Waals surface area (Å²) in [6.07, 6.45) is 0.801. The highest BCUT2D eigenvalue weighted by atomic mass is 19.1. The number of methoxy groups -OCH3 is 1. The molecule has 0 amide bonds. The Hall–Kier alpha value is -2.14. The third kappa shape index (κ3) is 3.95. The number of hydrogen-bond acceptors (Lipinski definition) is 3. The molecule has 2 rings (SSSR count). The molecular weight excluding hydrogens is 290 g/mol. The van der Waals surface area contributed by atoms with Gasteiger partial charge in [-0.15, -0.1) is 0 Å². The van der Waals surface area contributed by atoms with Gasteiger partial charge in [0.2, 0.25) is 0 Å². The molecule has 0 saturated carbocycles. The summed E-state index contributed by atoms with van der Waals surface area (Å²) >= 11 is 0. The maximum absolute atomic E-state index is 13.9. The lowest BCUT2D eigenvalue weighted by atomic mass is 10.0. The molecule has 0 aromatic heterocycles. The highest BCUT2D eigenvalue weighted by Gasteiger charge is 2.09. The van der Waals surface area contributed by atoms with E-state index in [1.54, 1.807) is 18.2 Å². The van der Waals surface area contributed by atoms with E-state index in [0.717, 1.165) is 6.42 Å². The number of ether oxygens (including phenoxy) is 3. The average Bonchev–Trinajstić information content (AvgIpc) is 2.52. The number of hydrogen-bond donors (Lipinski definition) is 0. The molecule has 22 heavy (non-hydrogen) atoms. The lowest BCUT2D eigenvalue weighted by Crippen LogP contribution is -2.00. The number of halogens is 2. The fourth-order valence-electron chi connectivity index (χ4n) is 1.93. The van der Waals surface area contributed by atoms with E-state index in [2.05, 4.69) is 0 Å². The Morgan fingerprint density at radius 2 is 1.41 bits per heavy atom. The minimum atomic E-state index is -0.527. The molecule has 118 valence electrons. The minimum Gasteiger partial charge on any atom is -0.491 e. The van der Waals surface area contributed by atoms with E-state index in [1.807, 2.05) is 6.92 Å². The molecular formula is C17H18F2O3. The third-order valence-electron chi connectivity index (χ3n) is 2.99. The zero-order valence-electron chi connectivity index (χ0n) is 12.6. The summed E-state index contributed by atoms with van der Waals surface area (Å²) in [5, 5.41) is 0. The van der Waals surface area contributed by atoms with E-state index in [4.69, 9.17) is 14.2 Å². The van der Waals surface area contributed by atoms with Crippen LogP contribution in [0.4, 0.5) is 8.78 Å². The minimum absolute atomic E-state index is 0.0334. The Morgan fingerprint density at radius 3 is 1.86 bits per heavy atom. The van der Waals surface area contributed by atoms with E-state index in [-0.39, 0.29) is 18.3 Å². The predicted octanol–water partition coefficient (Wildman–Crippen LogP) is 4.40. The van der Waals surface area contributed by atoms with Crippen LogP contribution in [0.1, 0.15) is 13.3 Å². The molecule has 2 aromatic carbocycles. The Labute approximate surface area is 128 Å². The third-order valence-corrected chi connectivity index (χ3v) is 2.99. The molecule has 0 bridgehead atoms. The SMILES string of the molecule is CCCOc1ccc(-c2ccc(OCOC)c(F)c2)cc1F. The Balaban J connectivity index is 2.21. The zero-order chi connectivity index (χ0) is 15.9. The maximum atomic E-state index is 13.9. The summed E-state index contributed by atoms with van der Waals surface area (Å²) in [5.41, 5.74) is 1.13. The first kappa shape index (κ1) is 16.2. The molecule has 0 heterocycles. The summed E-state index contributed by atoms with van der Waals surface area (Å²) in [6.45, 7) is 2.37. The van der Waals surface area contributed by atoms with Crippen molar-refractivity contribution in [2.45, 2.75) is 13.3 Å². The first-order valence-corrected chi connectivity index (χ1v) is 6.99. The highest BCUT2D eigenvalue weighted by molar-refractivity contribution is 5.65. The van der Waals surface area contributed by atoms with Gasteiger partial charge in [0.1, 0.15) is 0 Å². The molecule has 0 N–H and O–H groups in total. The summed E-state index contributed by atoms with van der Waals surface area (Å²) in [4.78, 5) is 0. The van der Waals surface area contributed by atoms with Gasteiger partial charge in [0, 0.05) is 7.11 Å². The predicted molar refractivity (Wildman–Crippen MR) is 80.1 cm³/mol. The Morgan fingerprint density at radius 1 is 0.864 bits per heavy atom. The van der Waals surface area contributed by atoms with Crippen molar-refractivity contribution in [1.29, 1.82) is 0 Å². The van der Waals surface area contributed by atoms with Gasteiger partial charge in [0.05, 0.1) is 6.61 Å². The lowest BCUT2D eigenvalue weighted by molar-refractivity contribution is 0.0483.